The third kappa shape index (κ3) is 3.40. The maximum atomic E-state index is 11.7. The van der Waals surface area contributed by atoms with E-state index in [0.29, 0.717) is 17.5 Å². The fourth-order valence-corrected chi connectivity index (χ4v) is 7.55. The second kappa shape index (κ2) is 7.66. The fraction of sp³-hybridized carbons (Fsp3) is 0.826. The summed E-state index contributed by atoms with van der Waals surface area (Å²) in [5.74, 6) is 2.48. The highest BCUT2D eigenvalue weighted by Gasteiger charge is 2.58. The van der Waals surface area contributed by atoms with E-state index in [1.54, 1.807) is 19.4 Å². The summed E-state index contributed by atoms with van der Waals surface area (Å²) in [7, 11) is 0. The summed E-state index contributed by atoms with van der Waals surface area (Å²) in [6, 6.07) is 0.678. The van der Waals surface area contributed by atoms with Gasteiger partial charge in [0.25, 0.3) is 0 Å². The molecule has 2 amide bonds. The molecule has 2 N–H and O–H groups in total. The number of amides is 2. The van der Waals surface area contributed by atoms with Crippen molar-refractivity contribution in [3.05, 3.63) is 11.6 Å². The van der Waals surface area contributed by atoms with Gasteiger partial charge in [0.1, 0.15) is 0 Å². The van der Waals surface area contributed by atoms with Crippen LogP contribution in [0.1, 0.15) is 79.1 Å². The summed E-state index contributed by atoms with van der Waals surface area (Å²) >= 11 is 0. The molecule has 7 atom stereocenters. The first-order valence-electron chi connectivity index (χ1n) is 11.0. The molecule has 0 aromatic carbocycles. The van der Waals surface area contributed by atoms with Crippen molar-refractivity contribution >= 4 is 24.2 Å². The van der Waals surface area contributed by atoms with Gasteiger partial charge in [-0.05, 0) is 80.0 Å². The third-order valence-corrected chi connectivity index (χ3v) is 8.89. The Kier molecular flexibility index (Phi) is 5.93. The lowest BCUT2D eigenvalue weighted by molar-refractivity contribution is -0.121. The van der Waals surface area contributed by atoms with E-state index in [1.165, 1.54) is 32.1 Å². The molecule has 158 valence electrons. The van der Waals surface area contributed by atoms with Crippen molar-refractivity contribution in [2.45, 2.75) is 91.1 Å². The molecule has 4 nitrogen and oxygen atoms in total. The Hall–Kier alpha value is -1.03. The molecule has 0 heterocycles. The van der Waals surface area contributed by atoms with Crippen LogP contribution in [0.15, 0.2) is 11.6 Å². The maximum Gasteiger partial charge on any atom is 0.217 e. The van der Waals surface area contributed by atoms with E-state index in [1.807, 2.05) is 0 Å². The second-order valence-electron chi connectivity index (χ2n) is 10.3. The normalized spacial score (nSPS) is 44.1. The van der Waals surface area contributed by atoms with Crippen molar-refractivity contribution in [1.29, 1.82) is 0 Å². The minimum absolute atomic E-state index is 0. The number of fused-ring (bicyclic) bond motifs is 5. The van der Waals surface area contributed by atoms with Crippen LogP contribution in [0.25, 0.3) is 0 Å². The van der Waals surface area contributed by atoms with Crippen molar-refractivity contribution < 1.29 is 9.59 Å². The smallest absolute Gasteiger partial charge is 0.217 e. The van der Waals surface area contributed by atoms with Crippen LogP contribution >= 0.6 is 12.4 Å². The number of carbonyl (C=O) groups excluding carboxylic acids is 2. The third-order valence-electron chi connectivity index (χ3n) is 8.89. The van der Waals surface area contributed by atoms with Crippen LogP contribution in [0.3, 0.4) is 0 Å². The zero-order valence-corrected chi connectivity index (χ0v) is 18.7. The molecule has 28 heavy (non-hydrogen) atoms. The SMILES string of the molecule is CC(=O)N[C@@H]1CC[C@@]2(C)C(=CCC3C2CC[C@@]2(C)C3CC[C@@H]2NC(C)=O)C1.Cl. The zero-order valence-electron chi connectivity index (χ0n) is 17.8. The topological polar surface area (TPSA) is 58.2 Å². The maximum absolute atomic E-state index is 11.7. The molecule has 4 aliphatic carbocycles. The van der Waals surface area contributed by atoms with E-state index >= 15 is 0 Å². The van der Waals surface area contributed by atoms with Crippen molar-refractivity contribution in [1.82, 2.24) is 10.6 Å². The van der Waals surface area contributed by atoms with Crippen LogP contribution < -0.4 is 10.6 Å². The number of allylic oxidation sites excluding steroid dienone is 1. The lowest BCUT2D eigenvalue weighted by Crippen LogP contribution is -2.54. The number of halogens is 1. The predicted molar refractivity (Wildman–Crippen MR) is 114 cm³/mol. The molecule has 0 aromatic rings. The Morgan fingerprint density at radius 3 is 2.36 bits per heavy atom. The fourth-order valence-electron chi connectivity index (χ4n) is 7.55. The molecule has 0 saturated heterocycles. The van der Waals surface area contributed by atoms with Gasteiger partial charge in [0.15, 0.2) is 0 Å². The highest BCUT2D eigenvalue weighted by molar-refractivity contribution is 5.85. The van der Waals surface area contributed by atoms with Gasteiger partial charge >= 0.3 is 0 Å². The minimum atomic E-state index is 0. The van der Waals surface area contributed by atoms with E-state index in [9.17, 15) is 9.59 Å². The monoisotopic (exact) mass is 408 g/mol. The number of rotatable bonds is 2. The zero-order chi connectivity index (χ0) is 19.4. The van der Waals surface area contributed by atoms with Gasteiger partial charge in [0.2, 0.25) is 11.8 Å². The van der Waals surface area contributed by atoms with E-state index in [-0.39, 0.29) is 29.6 Å². The molecule has 0 spiro atoms. The Morgan fingerprint density at radius 2 is 1.68 bits per heavy atom. The second-order valence-corrected chi connectivity index (χ2v) is 10.3. The van der Waals surface area contributed by atoms with Gasteiger partial charge in [-0.2, -0.15) is 0 Å². The van der Waals surface area contributed by atoms with Crippen molar-refractivity contribution in [2.75, 3.05) is 0 Å². The van der Waals surface area contributed by atoms with Gasteiger partial charge in [0.05, 0.1) is 0 Å². The van der Waals surface area contributed by atoms with Gasteiger partial charge in [-0.1, -0.05) is 25.5 Å². The highest BCUT2D eigenvalue weighted by atomic mass is 35.5. The molecule has 4 rings (SSSR count). The van der Waals surface area contributed by atoms with Gasteiger partial charge in [0, 0.05) is 25.9 Å². The first-order valence-corrected chi connectivity index (χ1v) is 11.0. The van der Waals surface area contributed by atoms with E-state index < -0.39 is 0 Å². The van der Waals surface area contributed by atoms with Crippen LogP contribution in [0, 0.1) is 28.6 Å². The summed E-state index contributed by atoms with van der Waals surface area (Å²) in [6.45, 7) is 8.23. The molecule has 0 aromatic heterocycles. The summed E-state index contributed by atoms with van der Waals surface area (Å²) in [4.78, 5) is 23.2. The molecule has 0 bridgehead atoms. The van der Waals surface area contributed by atoms with E-state index in [4.69, 9.17) is 0 Å². The van der Waals surface area contributed by atoms with Gasteiger partial charge in [-0.3, -0.25) is 9.59 Å². The average Bonchev–Trinajstić information content (AvgIpc) is 2.91. The number of carbonyl (C=O) groups is 2. The van der Waals surface area contributed by atoms with Crippen LogP contribution in [0.4, 0.5) is 0 Å². The molecule has 0 aliphatic heterocycles. The van der Waals surface area contributed by atoms with Crippen LogP contribution in [-0.4, -0.2) is 23.9 Å². The number of nitrogens with one attached hydrogen (secondary N) is 2. The Labute approximate surface area is 176 Å². The molecule has 3 saturated carbocycles. The largest absolute Gasteiger partial charge is 0.353 e. The van der Waals surface area contributed by atoms with Gasteiger partial charge in [-0.25, -0.2) is 0 Å². The molecule has 3 unspecified atom stereocenters. The van der Waals surface area contributed by atoms with E-state index in [0.717, 1.165) is 37.0 Å². The summed E-state index contributed by atoms with van der Waals surface area (Å²) in [5.41, 5.74) is 2.18. The van der Waals surface area contributed by atoms with Crippen LogP contribution in [0.2, 0.25) is 0 Å². The van der Waals surface area contributed by atoms with Crippen molar-refractivity contribution in [3.8, 4) is 0 Å². The minimum Gasteiger partial charge on any atom is -0.353 e. The molecule has 4 aliphatic rings. The van der Waals surface area contributed by atoms with Gasteiger partial charge in [-0.15, -0.1) is 12.4 Å². The van der Waals surface area contributed by atoms with Crippen molar-refractivity contribution in [2.24, 2.45) is 28.6 Å². The van der Waals surface area contributed by atoms with Crippen LogP contribution in [0.5, 0.6) is 0 Å². The molecular weight excluding hydrogens is 372 g/mol. The summed E-state index contributed by atoms with van der Waals surface area (Å²) in [5, 5.41) is 6.42. The Morgan fingerprint density at radius 1 is 0.964 bits per heavy atom. The Balaban J connectivity index is 0.00000225. The standard InChI is InChI=1S/C23H36N2O2.ClH/c1-14(26)24-17-9-11-22(3)16(13-17)5-6-18-19-7-8-21(25-15(2)27)23(19,4)12-10-20(18)22;/h5,17-21H,6-13H2,1-4H3,(H,24,26)(H,25,27);1H/t17-,18?,19?,20?,21+,22+,23+;/m1./s1. The predicted octanol–water partition coefficient (Wildman–Crippen LogP) is 4.38. The van der Waals surface area contributed by atoms with Crippen LogP contribution in [-0.2, 0) is 9.59 Å². The highest BCUT2D eigenvalue weighted by Crippen LogP contribution is 2.64. The molecule has 3 fully saturated rings. The van der Waals surface area contributed by atoms with Gasteiger partial charge < -0.3 is 10.6 Å². The lowest BCUT2D eigenvalue weighted by Gasteiger charge is -2.58. The first-order chi connectivity index (χ1) is 12.7. The summed E-state index contributed by atoms with van der Waals surface area (Å²) in [6.07, 6.45) is 12.0. The summed E-state index contributed by atoms with van der Waals surface area (Å²) < 4.78 is 0. The quantitative estimate of drug-likeness (QED) is 0.666. The average molecular weight is 409 g/mol. The van der Waals surface area contributed by atoms with E-state index in [2.05, 4.69) is 30.6 Å². The number of hydrogen-bond donors (Lipinski definition) is 2. The first kappa shape index (κ1) is 21.7. The lowest BCUT2D eigenvalue weighted by atomic mass is 9.47. The number of hydrogen-bond acceptors (Lipinski definition) is 2. The molecule has 0 radical (unpaired) electrons. The Bertz CT molecular complexity index is 678. The molecular formula is C23H37ClN2O2. The van der Waals surface area contributed by atoms with Crippen molar-refractivity contribution in [3.63, 3.8) is 0 Å². The molecule has 5 heteroatoms.